The van der Waals surface area contributed by atoms with Gasteiger partial charge in [0.25, 0.3) is 0 Å². The molecule has 9 aromatic carbocycles. The van der Waals surface area contributed by atoms with E-state index in [0.717, 1.165) is 6.54 Å². The minimum absolute atomic E-state index is 0.00136. The molecule has 0 bridgehead atoms. The Morgan fingerprint density at radius 2 is 0.705 bits per heavy atom. The van der Waals surface area contributed by atoms with Crippen LogP contribution in [0.1, 0.15) is 59.6 Å². The lowest BCUT2D eigenvalue weighted by molar-refractivity contribution is 0.590. The Morgan fingerprint density at radius 1 is 0.311 bits per heavy atom. The lowest BCUT2D eigenvalue weighted by Crippen LogP contribution is -2.11. The summed E-state index contributed by atoms with van der Waals surface area (Å²) in [6, 6.07) is 68.4. The maximum absolute atomic E-state index is 2.47. The van der Waals surface area contributed by atoms with Gasteiger partial charge >= 0.3 is 0 Å². The van der Waals surface area contributed by atoms with Gasteiger partial charge in [0.15, 0.2) is 0 Å². The van der Waals surface area contributed by atoms with Crippen molar-refractivity contribution in [1.82, 2.24) is 4.57 Å². The van der Waals surface area contributed by atoms with Crippen LogP contribution in [0.4, 0.5) is 0 Å². The number of aryl methyl sites for hydroxylation is 1. The molecule has 1 aromatic heterocycles. The average Bonchev–Trinajstić information content (AvgIpc) is 3.60. The normalized spacial score (nSPS) is 12.2. The highest BCUT2D eigenvalue weighted by Crippen LogP contribution is 2.47. The molecule has 0 spiro atoms. The summed E-state index contributed by atoms with van der Waals surface area (Å²) in [6.45, 7) is 17.1. The van der Waals surface area contributed by atoms with Crippen molar-refractivity contribution in [1.29, 1.82) is 0 Å². The molecule has 0 radical (unpaired) electrons. The highest BCUT2D eigenvalue weighted by molar-refractivity contribution is 6.22. The van der Waals surface area contributed by atoms with E-state index >= 15 is 0 Å². The lowest BCUT2D eigenvalue weighted by atomic mass is 9.79. The van der Waals surface area contributed by atoms with Crippen LogP contribution in [-0.4, -0.2) is 4.57 Å². The van der Waals surface area contributed by atoms with E-state index in [1.165, 1.54) is 110 Å². The van der Waals surface area contributed by atoms with Gasteiger partial charge < -0.3 is 4.57 Å². The van der Waals surface area contributed by atoms with E-state index in [1.54, 1.807) is 0 Å². The van der Waals surface area contributed by atoms with Crippen molar-refractivity contribution in [2.24, 2.45) is 0 Å². The SMILES string of the molecule is CCn1c2ccccc2c2cc(-c3ccc(-c4c5ccc(C(C)(C)C)cc5c(-c5ccc(-c6ccc(-c7ccccc7)cc6)cc5)c5ccc(C(C)(C)C)cc45)cc3)ccc21. The molecule has 61 heavy (non-hydrogen) atoms. The zero-order chi connectivity index (χ0) is 42.0. The maximum atomic E-state index is 2.47. The summed E-state index contributed by atoms with van der Waals surface area (Å²) in [5, 5.41) is 7.77. The molecule has 0 N–H and O–H groups in total. The molecule has 1 heterocycles. The van der Waals surface area contributed by atoms with Crippen molar-refractivity contribution in [3.8, 4) is 55.6 Å². The number of hydrogen-bond donors (Lipinski definition) is 0. The Morgan fingerprint density at radius 3 is 1.18 bits per heavy atom. The fourth-order valence-corrected chi connectivity index (χ4v) is 9.50. The van der Waals surface area contributed by atoms with Crippen LogP contribution in [0.2, 0.25) is 0 Å². The first-order valence-electron chi connectivity index (χ1n) is 21.9. The lowest BCUT2D eigenvalue weighted by Gasteiger charge is -2.25. The van der Waals surface area contributed by atoms with Crippen LogP contribution < -0.4 is 0 Å². The standard InChI is InChI=1S/C60H53N/c1-8-61-55-17-13-12-16-49(55)52-36-46(30-35-56(52)61)43-24-28-45(29-25-43)58-51-34-32-47(59(2,3)4)37-53(51)57(50-33-31-48(38-54(50)58)60(5,6)7)44-26-22-42(23-27-44)41-20-18-40(19-21-41)39-14-10-9-11-15-39/h9-38H,8H2,1-7H3. The third-order valence-electron chi connectivity index (χ3n) is 12.9. The van der Waals surface area contributed by atoms with Gasteiger partial charge in [-0.2, -0.15) is 0 Å². The van der Waals surface area contributed by atoms with Crippen molar-refractivity contribution < 1.29 is 0 Å². The number of benzene rings is 9. The van der Waals surface area contributed by atoms with Gasteiger partial charge in [-0.15, -0.1) is 0 Å². The Kier molecular flexibility index (Phi) is 9.33. The molecule has 0 saturated heterocycles. The highest BCUT2D eigenvalue weighted by atomic mass is 15.0. The van der Waals surface area contributed by atoms with Crippen LogP contribution in [0.15, 0.2) is 182 Å². The van der Waals surface area contributed by atoms with E-state index in [1.807, 2.05) is 0 Å². The topological polar surface area (TPSA) is 4.93 Å². The van der Waals surface area contributed by atoms with Gasteiger partial charge in [0.1, 0.15) is 0 Å². The molecule has 0 aliphatic carbocycles. The third-order valence-corrected chi connectivity index (χ3v) is 12.9. The monoisotopic (exact) mass is 787 g/mol. The number of nitrogens with zero attached hydrogens (tertiary/aromatic N) is 1. The molecule has 1 nitrogen and oxygen atoms in total. The second kappa shape index (κ2) is 14.8. The molecule has 0 aliphatic heterocycles. The molecule has 0 aliphatic rings. The Hall–Kier alpha value is -6.70. The van der Waals surface area contributed by atoms with Gasteiger partial charge in [-0.1, -0.05) is 193 Å². The average molecular weight is 788 g/mol. The molecule has 0 unspecified atom stereocenters. The summed E-state index contributed by atoms with van der Waals surface area (Å²) in [5.41, 5.74) is 17.7. The fourth-order valence-electron chi connectivity index (χ4n) is 9.50. The van der Waals surface area contributed by atoms with E-state index in [4.69, 9.17) is 0 Å². The van der Waals surface area contributed by atoms with Gasteiger partial charge in [0.2, 0.25) is 0 Å². The second-order valence-corrected chi connectivity index (χ2v) is 18.9. The van der Waals surface area contributed by atoms with Gasteiger partial charge in [0.05, 0.1) is 0 Å². The van der Waals surface area contributed by atoms with Crippen LogP contribution in [0.25, 0.3) is 99.0 Å². The predicted molar refractivity (Wildman–Crippen MR) is 265 cm³/mol. The Labute approximate surface area is 361 Å². The number of aromatic nitrogens is 1. The summed E-state index contributed by atoms with van der Waals surface area (Å²) < 4.78 is 2.42. The molecular formula is C60H53N. The molecule has 0 amide bonds. The van der Waals surface area contributed by atoms with Crippen LogP contribution in [0, 0.1) is 0 Å². The molecule has 10 rings (SSSR count). The smallest absolute Gasteiger partial charge is 0.0491 e. The maximum Gasteiger partial charge on any atom is 0.0491 e. The van der Waals surface area contributed by atoms with Crippen molar-refractivity contribution in [3.05, 3.63) is 193 Å². The van der Waals surface area contributed by atoms with Crippen LogP contribution in [0.3, 0.4) is 0 Å². The molecule has 298 valence electrons. The van der Waals surface area contributed by atoms with Gasteiger partial charge in [0, 0.05) is 28.4 Å². The highest BCUT2D eigenvalue weighted by Gasteiger charge is 2.23. The predicted octanol–water partition coefficient (Wildman–Crippen LogP) is 17.1. The second-order valence-electron chi connectivity index (χ2n) is 18.9. The van der Waals surface area contributed by atoms with Crippen molar-refractivity contribution >= 4 is 43.4 Å². The third kappa shape index (κ3) is 6.83. The van der Waals surface area contributed by atoms with E-state index in [-0.39, 0.29) is 10.8 Å². The zero-order valence-corrected chi connectivity index (χ0v) is 36.5. The molecule has 0 fully saturated rings. The van der Waals surface area contributed by atoms with Gasteiger partial charge in [-0.25, -0.2) is 0 Å². The van der Waals surface area contributed by atoms with E-state index in [2.05, 4.69) is 235 Å². The number of para-hydroxylation sites is 1. The number of hydrogen-bond acceptors (Lipinski definition) is 0. The van der Waals surface area contributed by atoms with Crippen LogP contribution >= 0.6 is 0 Å². The summed E-state index contributed by atoms with van der Waals surface area (Å²) in [6.07, 6.45) is 0. The van der Waals surface area contributed by atoms with Gasteiger partial charge in [-0.05, 0) is 136 Å². The van der Waals surface area contributed by atoms with Gasteiger partial charge in [-0.3, -0.25) is 0 Å². The van der Waals surface area contributed by atoms with Crippen LogP contribution in [0.5, 0.6) is 0 Å². The number of fused-ring (bicyclic) bond motifs is 5. The Balaban J connectivity index is 1.13. The molecule has 0 saturated carbocycles. The summed E-state index contributed by atoms with van der Waals surface area (Å²) in [4.78, 5) is 0. The quantitative estimate of drug-likeness (QED) is 0.148. The minimum atomic E-state index is -0.00220. The molecular weight excluding hydrogens is 735 g/mol. The largest absolute Gasteiger partial charge is 0.341 e. The summed E-state index contributed by atoms with van der Waals surface area (Å²) >= 11 is 0. The fraction of sp³-hybridized carbons (Fsp3) is 0.167. The zero-order valence-electron chi connectivity index (χ0n) is 36.5. The number of rotatable bonds is 6. The molecule has 0 atom stereocenters. The molecule has 1 heteroatoms. The first kappa shape index (κ1) is 38.5. The van der Waals surface area contributed by atoms with E-state index in [0.29, 0.717) is 0 Å². The van der Waals surface area contributed by atoms with Crippen molar-refractivity contribution in [2.45, 2.75) is 65.8 Å². The minimum Gasteiger partial charge on any atom is -0.341 e. The van der Waals surface area contributed by atoms with Crippen LogP contribution in [-0.2, 0) is 17.4 Å². The van der Waals surface area contributed by atoms with Crippen molar-refractivity contribution in [3.63, 3.8) is 0 Å². The first-order valence-corrected chi connectivity index (χ1v) is 21.9. The van der Waals surface area contributed by atoms with E-state index in [9.17, 15) is 0 Å². The Bertz CT molecular complexity index is 3240. The summed E-state index contributed by atoms with van der Waals surface area (Å²) in [7, 11) is 0. The first-order chi connectivity index (χ1) is 29.5. The van der Waals surface area contributed by atoms with Crippen molar-refractivity contribution in [2.75, 3.05) is 0 Å². The summed E-state index contributed by atoms with van der Waals surface area (Å²) in [5.74, 6) is 0. The molecule has 10 aromatic rings. The van der Waals surface area contributed by atoms with E-state index < -0.39 is 0 Å².